The lowest BCUT2D eigenvalue weighted by Crippen LogP contribution is -2.60. The Morgan fingerprint density at radius 2 is 1.62 bits per heavy atom. The molecule has 0 aliphatic heterocycles. The monoisotopic (exact) mass is 224 g/mol. The molecule has 4 fully saturated rings. The first-order chi connectivity index (χ1) is 7.49. The molecule has 88 valence electrons. The Kier molecular flexibility index (Phi) is 1.97. The number of hydrogen-bond acceptors (Lipinski definition) is 3. The third-order valence-electron chi connectivity index (χ3n) is 4.77. The molecule has 0 aromatic rings. The Labute approximate surface area is 93.6 Å². The number of Topliss-reactive ketones (excluding diaryl/α,β-unsaturated/α-hetero) is 1. The Hall–Kier alpha value is -0.900. The summed E-state index contributed by atoms with van der Waals surface area (Å²) < 4.78 is 0. The van der Waals surface area contributed by atoms with Crippen molar-refractivity contribution in [3.63, 3.8) is 0 Å². The minimum absolute atomic E-state index is 0.111. The smallest absolute Gasteiger partial charge is 0.372 e. The van der Waals surface area contributed by atoms with Gasteiger partial charge < -0.3 is 10.2 Å². The van der Waals surface area contributed by atoms with Gasteiger partial charge in [0.15, 0.2) is 0 Å². The van der Waals surface area contributed by atoms with Crippen LogP contribution in [0.3, 0.4) is 0 Å². The summed E-state index contributed by atoms with van der Waals surface area (Å²) in [6, 6.07) is 0. The summed E-state index contributed by atoms with van der Waals surface area (Å²) in [6.45, 7) is 0. The molecule has 3 unspecified atom stereocenters. The van der Waals surface area contributed by atoms with Gasteiger partial charge in [-0.05, 0) is 49.9 Å². The number of hydrogen-bond donors (Lipinski definition) is 2. The number of carboxylic acids is 1. The number of carbonyl (C=O) groups excluding carboxylic acids is 1. The van der Waals surface area contributed by atoms with E-state index in [-0.39, 0.29) is 5.92 Å². The fourth-order valence-electron chi connectivity index (χ4n) is 4.59. The van der Waals surface area contributed by atoms with Crippen LogP contribution in [0.15, 0.2) is 0 Å². The van der Waals surface area contributed by atoms with E-state index in [1.807, 2.05) is 0 Å². The molecule has 3 atom stereocenters. The molecule has 0 aromatic carbocycles. The van der Waals surface area contributed by atoms with Crippen molar-refractivity contribution in [2.45, 2.75) is 37.7 Å². The zero-order valence-corrected chi connectivity index (χ0v) is 9.06. The van der Waals surface area contributed by atoms with E-state index in [0.29, 0.717) is 24.7 Å². The number of carboxylic acid groups (broad SMARTS) is 1. The number of rotatable bonds is 2. The van der Waals surface area contributed by atoms with Gasteiger partial charge in [-0.1, -0.05) is 0 Å². The molecule has 4 rings (SSSR count). The quantitative estimate of drug-likeness (QED) is 0.681. The minimum Gasteiger partial charge on any atom is -0.475 e. The Bertz CT molecular complexity index is 348. The number of aliphatic carboxylic acids is 1. The van der Waals surface area contributed by atoms with Gasteiger partial charge in [0.1, 0.15) is 0 Å². The molecule has 4 nitrogen and oxygen atoms in total. The molecule has 0 aromatic heterocycles. The van der Waals surface area contributed by atoms with Gasteiger partial charge in [0.2, 0.25) is 5.78 Å². The lowest BCUT2D eigenvalue weighted by atomic mass is 9.49. The molecule has 4 heteroatoms. The molecule has 4 aliphatic carbocycles. The molecule has 4 saturated carbocycles. The lowest BCUT2D eigenvalue weighted by molar-refractivity contribution is -0.185. The van der Waals surface area contributed by atoms with Gasteiger partial charge >= 0.3 is 5.97 Å². The maximum Gasteiger partial charge on any atom is 0.372 e. The van der Waals surface area contributed by atoms with Crippen molar-refractivity contribution in [1.29, 1.82) is 0 Å². The Morgan fingerprint density at radius 1 is 1.06 bits per heavy atom. The molecular formula is C12H16O4. The molecule has 0 amide bonds. The van der Waals surface area contributed by atoms with Gasteiger partial charge in [0.05, 0.1) is 11.5 Å². The van der Waals surface area contributed by atoms with Crippen LogP contribution >= 0.6 is 0 Å². The van der Waals surface area contributed by atoms with E-state index in [0.717, 1.165) is 19.3 Å². The highest BCUT2D eigenvalue weighted by Gasteiger charge is 2.59. The predicted molar refractivity (Wildman–Crippen MR) is 54.6 cm³/mol. The van der Waals surface area contributed by atoms with Crippen LogP contribution in [0, 0.1) is 23.7 Å². The lowest BCUT2D eigenvalue weighted by Gasteiger charge is -2.57. The van der Waals surface area contributed by atoms with Crippen LogP contribution in [0.1, 0.15) is 32.1 Å². The van der Waals surface area contributed by atoms with Crippen molar-refractivity contribution < 1.29 is 19.8 Å². The second-order valence-electron chi connectivity index (χ2n) is 5.86. The predicted octanol–water partition coefficient (Wildman–Crippen LogP) is 0.827. The SMILES string of the molecule is O=C(O)C(=O)C1C2CC3CC(C2)CC1(O)C3. The van der Waals surface area contributed by atoms with Gasteiger partial charge in [0.25, 0.3) is 0 Å². The normalized spacial score (nSPS) is 49.3. The summed E-state index contributed by atoms with van der Waals surface area (Å²) in [4.78, 5) is 22.5. The van der Waals surface area contributed by atoms with Crippen LogP contribution in [-0.2, 0) is 9.59 Å². The minimum atomic E-state index is -1.38. The van der Waals surface area contributed by atoms with E-state index in [1.54, 1.807) is 0 Å². The zero-order chi connectivity index (χ0) is 11.5. The molecule has 4 aliphatic rings. The fourth-order valence-corrected chi connectivity index (χ4v) is 4.59. The van der Waals surface area contributed by atoms with E-state index in [2.05, 4.69) is 0 Å². The number of carbonyl (C=O) groups is 2. The van der Waals surface area contributed by atoms with E-state index in [4.69, 9.17) is 5.11 Å². The third kappa shape index (κ3) is 1.25. The van der Waals surface area contributed by atoms with Gasteiger partial charge in [-0.3, -0.25) is 4.79 Å². The summed E-state index contributed by atoms with van der Waals surface area (Å²) in [5, 5.41) is 19.3. The van der Waals surface area contributed by atoms with Crippen molar-refractivity contribution in [3.05, 3.63) is 0 Å². The van der Waals surface area contributed by atoms with Crippen molar-refractivity contribution in [1.82, 2.24) is 0 Å². The van der Waals surface area contributed by atoms with Crippen LogP contribution in [0.5, 0.6) is 0 Å². The Morgan fingerprint density at radius 3 is 2.06 bits per heavy atom. The second-order valence-corrected chi connectivity index (χ2v) is 5.86. The summed E-state index contributed by atoms with van der Waals surface area (Å²) in [5.74, 6) is -1.66. The summed E-state index contributed by atoms with van der Waals surface area (Å²) in [7, 11) is 0. The fraction of sp³-hybridized carbons (Fsp3) is 0.833. The van der Waals surface area contributed by atoms with Crippen LogP contribution < -0.4 is 0 Å². The first-order valence-corrected chi connectivity index (χ1v) is 5.99. The zero-order valence-electron chi connectivity index (χ0n) is 9.06. The molecule has 0 saturated heterocycles. The molecular weight excluding hydrogens is 208 g/mol. The maximum absolute atomic E-state index is 11.7. The van der Waals surface area contributed by atoms with E-state index in [9.17, 15) is 14.7 Å². The summed E-state index contributed by atoms with van der Waals surface area (Å²) in [5.41, 5.74) is -1.01. The third-order valence-corrected chi connectivity index (χ3v) is 4.77. The summed E-state index contributed by atoms with van der Waals surface area (Å²) >= 11 is 0. The topological polar surface area (TPSA) is 74.6 Å². The first-order valence-electron chi connectivity index (χ1n) is 5.99. The molecule has 16 heavy (non-hydrogen) atoms. The molecule has 0 radical (unpaired) electrons. The largest absolute Gasteiger partial charge is 0.475 e. The van der Waals surface area contributed by atoms with Crippen LogP contribution in [0.2, 0.25) is 0 Å². The standard InChI is InChI=1S/C12H16O4/c13-10(11(14)15)9-8-2-6-1-7(3-8)5-12(9,16)4-6/h6-9,16H,1-5H2,(H,14,15). The van der Waals surface area contributed by atoms with E-state index >= 15 is 0 Å². The van der Waals surface area contributed by atoms with Crippen molar-refractivity contribution >= 4 is 11.8 Å². The highest BCUT2D eigenvalue weighted by atomic mass is 16.4. The van der Waals surface area contributed by atoms with Crippen molar-refractivity contribution in [2.24, 2.45) is 23.7 Å². The van der Waals surface area contributed by atoms with E-state index in [1.165, 1.54) is 0 Å². The molecule has 4 bridgehead atoms. The molecule has 0 spiro atoms. The van der Waals surface area contributed by atoms with Gasteiger partial charge in [-0.25, -0.2) is 4.79 Å². The average molecular weight is 224 g/mol. The Balaban J connectivity index is 1.94. The number of aliphatic hydroxyl groups is 1. The highest BCUT2D eigenvalue weighted by molar-refractivity contribution is 6.33. The first kappa shape index (κ1) is 10.3. The van der Waals surface area contributed by atoms with Gasteiger partial charge in [-0.15, -0.1) is 0 Å². The van der Waals surface area contributed by atoms with Crippen molar-refractivity contribution in [3.8, 4) is 0 Å². The average Bonchev–Trinajstić information content (AvgIpc) is 2.13. The van der Waals surface area contributed by atoms with Crippen LogP contribution in [0.4, 0.5) is 0 Å². The maximum atomic E-state index is 11.7. The van der Waals surface area contributed by atoms with Gasteiger partial charge in [0, 0.05) is 0 Å². The van der Waals surface area contributed by atoms with Crippen LogP contribution in [-0.4, -0.2) is 27.6 Å². The molecule has 2 N–H and O–H groups in total. The number of ketones is 1. The van der Waals surface area contributed by atoms with Gasteiger partial charge in [-0.2, -0.15) is 0 Å². The summed E-state index contributed by atoms with van der Waals surface area (Å²) in [6.07, 6.45) is 4.28. The van der Waals surface area contributed by atoms with Crippen molar-refractivity contribution in [2.75, 3.05) is 0 Å². The highest BCUT2D eigenvalue weighted by Crippen LogP contribution is 2.58. The second kappa shape index (κ2) is 3.06. The molecule has 0 heterocycles. The van der Waals surface area contributed by atoms with Crippen LogP contribution in [0.25, 0.3) is 0 Å². The van der Waals surface area contributed by atoms with E-state index < -0.39 is 23.3 Å².